The highest BCUT2D eigenvalue weighted by Gasteiger charge is 2.06. The highest BCUT2D eigenvalue weighted by molar-refractivity contribution is 5.94. The van der Waals surface area contributed by atoms with E-state index in [1.807, 2.05) is 24.3 Å². The first-order valence-electron chi connectivity index (χ1n) is 7.66. The van der Waals surface area contributed by atoms with Gasteiger partial charge >= 0.3 is 0 Å². The molecule has 1 heterocycles. The largest absolute Gasteiger partial charge is 0.384 e. The summed E-state index contributed by atoms with van der Waals surface area (Å²) in [5.41, 5.74) is 2.68. The minimum absolute atomic E-state index is 0.0865. The van der Waals surface area contributed by atoms with Crippen LogP contribution in [0.15, 0.2) is 48.8 Å². The van der Waals surface area contributed by atoms with Crippen LogP contribution < -0.4 is 10.6 Å². The number of pyridine rings is 1. The number of rotatable bonds is 7. The summed E-state index contributed by atoms with van der Waals surface area (Å²) in [4.78, 5) is 16.3. The molecule has 116 valence electrons. The number of nitrogens with zero attached hydrogens (tertiary/aromatic N) is 1. The smallest absolute Gasteiger partial charge is 0.252 e. The van der Waals surface area contributed by atoms with Crippen molar-refractivity contribution in [1.29, 1.82) is 0 Å². The summed E-state index contributed by atoms with van der Waals surface area (Å²) < 4.78 is 0. The molecule has 4 nitrogen and oxygen atoms in total. The first-order valence-corrected chi connectivity index (χ1v) is 7.66. The molecular weight excluding hydrogens is 274 g/mol. The van der Waals surface area contributed by atoms with Crippen molar-refractivity contribution < 1.29 is 4.79 Å². The number of nitrogens with one attached hydrogen (secondary N) is 2. The van der Waals surface area contributed by atoms with Gasteiger partial charge in [-0.3, -0.25) is 9.78 Å². The van der Waals surface area contributed by atoms with Gasteiger partial charge in [-0.2, -0.15) is 0 Å². The second-order valence-corrected chi connectivity index (χ2v) is 5.73. The molecule has 0 atom stereocenters. The molecule has 4 heteroatoms. The summed E-state index contributed by atoms with van der Waals surface area (Å²) in [6.07, 6.45) is 4.16. The number of hydrogen-bond acceptors (Lipinski definition) is 3. The van der Waals surface area contributed by atoms with Crippen LogP contribution >= 0.6 is 0 Å². The van der Waals surface area contributed by atoms with Crippen molar-refractivity contribution in [3.8, 4) is 0 Å². The van der Waals surface area contributed by atoms with Gasteiger partial charge in [0.05, 0.1) is 11.3 Å². The summed E-state index contributed by atoms with van der Waals surface area (Å²) in [6.45, 7) is 5.76. The van der Waals surface area contributed by atoms with Crippen molar-refractivity contribution in [3.05, 3.63) is 59.9 Å². The summed E-state index contributed by atoms with van der Waals surface area (Å²) >= 11 is 0. The van der Waals surface area contributed by atoms with Gasteiger partial charge in [-0.25, -0.2) is 0 Å². The van der Waals surface area contributed by atoms with Crippen molar-refractivity contribution >= 4 is 11.6 Å². The average Bonchev–Trinajstić information content (AvgIpc) is 2.54. The minimum atomic E-state index is -0.0865. The third kappa shape index (κ3) is 5.20. The molecule has 0 spiro atoms. The zero-order chi connectivity index (χ0) is 15.8. The van der Waals surface area contributed by atoms with E-state index < -0.39 is 0 Å². The maximum Gasteiger partial charge on any atom is 0.252 e. The Hall–Kier alpha value is -2.36. The first-order chi connectivity index (χ1) is 10.6. The number of carbonyl (C=O) groups is 1. The third-order valence-corrected chi connectivity index (χ3v) is 3.26. The molecule has 0 saturated carbocycles. The lowest BCUT2D eigenvalue weighted by molar-refractivity contribution is 0.0954. The standard InChI is InChI=1S/C18H23N3O/c1-14(2)11-21-17-10-16(12-19-13-17)18(22)20-9-8-15-6-4-3-5-7-15/h3-7,10,12-14,21H,8-9,11H2,1-2H3,(H,20,22). The predicted molar refractivity (Wildman–Crippen MR) is 90.0 cm³/mol. The fourth-order valence-corrected chi connectivity index (χ4v) is 2.05. The molecule has 0 fully saturated rings. The van der Waals surface area contributed by atoms with Crippen LogP contribution in [-0.4, -0.2) is 24.0 Å². The van der Waals surface area contributed by atoms with Gasteiger partial charge in [0.2, 0.25) is 0 Å². The minimum Gasteiger partial charge on any atom is -0.384 e. The fraction of sp³-hybridized carbons (Fsp3) is 0.333. The van der Waals surface area contributed by atoms with Crippen molar-refractivity contribution in [1.82, 2.24) is 10.3 Å². The molecule has 0 aliphatic rings. The van der Waals surface area contributed by atoms with Crippen LogP contribution in [0, 0.1) is 5.92 Å². The number of hydrogen-bond donors (Lipinski definition) is 2. The fourth-order valence-electron chi connectivity index (χ4n) is 2.05. The summed E-state index contributed by atoms with van der Waals surface area (Å²) in [5.74, 6) is 0.458. The molecule has 2 rings (SSSR count). The molecule has 0 bridgehead atoms. The zero-order valence-electron chi connectivity index (χ0n) is 13.2. The van der Waals surface area contributed by atoms with Gasteiger partial charge in [0.15, 0.2) is 0 Å². The van der Waals surface area contributed by atoms with Crippen molar-refractivity contribution in [2.75, 3.05) is 18.4 Å². The van der Waals surface area contributed by atoms with E-state index in [2.05, 4.69) is 41.6 Å². The Labute approximate surface area is 132 Å². The topological polar surface area (TPSA) is 54.0 Å². The molecule has 2 N–H and O–H groups in total. The van der Waals surface area contributed by atoms with Crippen LogP contribution in [-0.2, 0) is 6.42 Å². The van der Waals surface area contributed by atoms with Gasteiger partial charge < -0.3 is 10.6 Å². The van der Waals surface area contributed by atoms with Crippen LogP contribution in [0.5, 0.6) is 0 Å². The lowest BCUT2D eigenvalue weighted by Crippen LogP contribution is -2.26. The molecule has 0 aliphatic carbocycles. The maximum absolute atomic E-state index is 12.1. The molecule has 22 heavy (non-hydrogen) atoms. The number of carbonyl (C=O) groups excluding carboxylic acids is 1. The van der Waals surface area contributed by atoms with E-state index in [0.29, 0.717) is 18.0 Å². The Bertz CT molecular complexity index is 596. The molecular formula is C18H23N3O. The van der Waals surface area contributed by atoms with E-state index in [1.54, 1.807) is 12.4 Å². The van der Waals surface area contributed by atoms with E-state index in [0.717, 1.165) is 18.7 Å². The molecule has 2 aromatic rings. The van der Waals surface area contributed by atoms with Crippen molar-refractivity contribution in [3.63, 3.8) is 0 Å². The quantitative estimate of drug-likeness (QED) is 0.825. The molecule has 1 aromatic heterocycles. The molecule has 1 aromatic carbocycles. The van der Waals surface area contributed by atoms with Crippen LogP contribution in [0.2, 0.25) is 0 Å². The van der Waals surface area contributed by atoms with Gasteiger partial charge in [-0.15, -0.1) is 0 Å². The van der Waals surface area contributed by atoms with Crippen LogP contribution in [0.4, 0.5) is 5.69 Å². The molecule has 1 amide bonds. The van der Waals surface area contributed by atoms with Gasteiger partial charge in [0.1, 0.15) is 0 Å². The van der Waals surface area contributed by atoms with E-state index >= 15 is 0 Å². The lowest BCUT2D eigenvalue weighted by atomic mass is 10.1. The molecule has 0 aliphatic heterocycles. The Morgan fingerprint density at radius 3 is 2.68 bits per heavy atom. The molecule has 0 radical (unpaired) electrons. The Balaban J connectivity index is 1.85. The van der Waals surface area contributed by atoms with Crippen molar-refractivity contribution in [2.24, 2.45) is 5.92 Å². The van der Waals surface area contributed by atoms with E-state index in [-0.39, 0.29) is 5.91 Å². The predicted octanol–water partition coefficient (Wildman–Crippen LogP) is 3.12. The average molecular weight is 297 g/mol. The monoisotopic (exact) mass is 297 g/mol. The second-order valence-electron chi connectivity index (χ2n) is 5.73. The van der Waals surface area contributed by atoms with Gasteiger partial charge in [0.25, 0.3) is 5.91 Å². The van der Waals surface area contributed by atoms with Crippen molar-refractivity contribution in [2.45, 2.75) is 20.3 Å². The lowest BCUT2D eigenvalue weighted by Gasteiger charge is -2.10. The van der Waals surface area contributed by atoms with Gasteiger partial charge in [-0.05, 0) is 24.0 Å². The zero-order valence-corrected chi connectivity index (χ0v) is 13.2. The second kappa shape index (κ2) is 8.17. The maximum atomic E-state index is 12.1. The van der Waals surface area contributed by atoms with Gasteiger partial charge in [0, 0.05) is 25.5 Å². The highest BCUT2D eigenvalue weighted by atomic mass is 16.1. The SMILES string of the molecule is CC(C)CNc1cncc(C(=O)NCCc2ccccc2)c1. The summed E-state index contributed by atoms with van der Waals surface area (Å²) in [7, 11) is 0. The van der Waals surface area contributed by atoms with Crippen LogP contribution in [0.1, 0.15) is 29.8 Å². The number of anilines is 1. The van der Waals surface area contributed by atoms with Crippen LogP contribution in [0.25, 0.3) is 0 Å². The number of amides is 1. The Morgan fingerprint density at radius 1 is 1.18 bits per heavy atom. The van der Waals surface area contributed by atoms with E-state index in [9.17, 15) is 4.79 Å². The summed E-state index contributed by atoms with van der Waals surface area (Å²) in [5, 5.41) is 6.21. The number of benzene rings is 1. The van der Waals surface area contributed by atoms with Gasteiger partial charge in [-0.1, -0.05) is 44.2 Å². The van der Waals surface area contributed by atoms with E-state index in [1.165, 1.54) is 5.56 Å². The van der Waals surface area contributed by atoms with Crippen LogP contribution in [0.3, 0.4) is 0 Å². The third-order valence-electron chi connectivity index (χ3n) is 3.26. The summed E-state index contributed by atoms with van der Waals surface area (Å²) in [6, 6.07) is 12.0. The molecule has 0 unspecified atom stereocenters. The molecule has 0 saturated heterocycles. The normalized spacial score (nSPS) is 10.5. The van der Waals surface area contributed by atoms with E-state index in [4.69, 9.17) is 0 Å². The number of aromatic nitrogens is 1. The highest BCUT2D eigenvalue weighted by Crippen LogP contribution is 2.09. The Morgan fingerprint density at radius 2 is 1.95 bits per heavy atom. The Kier molecular flexibility index (Phi) is 5.95. The first kappa shape index (κ1) is 16.0.